The molecule has 2 atom stereocenters. The molecule has 0 aliphatic carbocycles. The summed E-state index contributed by atoms with van der Waals surface area (Å²) in [7, 11) is -3.12. The van der Waals surface area contributed by atoms with Crippen LogP contribution in [-0.2, 0) is 27.7 Å². The molecule has 0 radical (unpaired) electrons. The number of fused-ring (bicyclic) bond motifs is 1. The SMILES string of the molecule is O=C(Cc1ccccc1)N=C1SC2CS(=O)(=O)CC2N1c1ccc(OCc2ccccc2)cc1. The number of amidine groups is 1. The summed E-state index contributed by atoms with van der Waals surface area (Å²) >= 11 is 1.38. The fourth-order valence-corrected chi connectivity index (χ4v) is 8.16. The van der Waals surface area contributed by atoms with Gasteiger partial charge in [-0.2, -0.15) is 4.99 Å². The van der Waals surface area contributed by atoms with Crippen LogP contribution in [0.3, 0.4) is 0 Å². The predicted octanol–water partition coefficient (Wildman–Crippen LogP) is 4.11. The third-order valence-corrected chi connectivity index (χ3v) is 9.06. The van der Waals surface area contributed by atoms with E-state index in [-0.39, 0.29) is 35.1 Å². The minimum absolute atomic E-state index is 0.0584. The number of carbonyl (C=O) groups excluding carboxylic acids is 1. The van der Waals surface area contributed by atoms with Crippen molar-refractivity contribution in [1.29, 1.82) is 0 Å². The first-order valence-electron chi connectivity index (χ1n) is 11.1. The lowest BCUT2D eigenvalue weighted by Gasteiger charge is -2.24. The van der Waals surface area contributed by atoms with Crippen LogP contribution in [0, 0.1) is 0 Å². The molecule has 2 fully saturated rings. The van der Waals surface area contributed by atoms with E-state index >= 15 is 0 Å². The molecule has 8 heteroatoms. The Morgan fingerprint density at radius 1 is 0.912 bits per heavy atom. The van der Waals surface area contributed by atoms with Crippen molar-refractivity contribution in [1.82, 2.24) is 0 Å². The Morgan fingerprint density at radius 2 is 1.56 bits per heavy atom. The molecule has 6 nitrogen and oxygen atoms in total. The number of rotatable bonds is 6. The van der Waals surface area contributed by atoms with Crippen molar-refractivity contribution < 1.29 is 17.9 Å². The Bertz CT molecular complexity index is 1290. The molecule has 174 valence electrons. The van der Waals surface area contributed by atoms with Crippen molar-refractivity contribution in [2.75, 3.05) is 16.4 Å². The molecule has 2 saturated heterocycles. The molecule has 3 aromatic carbocycles. The molecule has 0 aromatic heterocycles. The van der Waals surface area contributed by atoms with Gasteiger partial charge in [0.2, 0.25) is 0 Å². The number of carbonyl (C=O) groups is 1. The third kappa shape index (κ3) is 5.18. The molecule has 3 aromatic rings. The number of aliphatic imine (C=N–C) groups is 1. The van der Waals surface area contributed by atoms with E-state index in [0.717, 1.165) is 16.8 Å². The van der Waals surface area contributed by atoms with Crippen LogP contribution in [0.1, 0.15) is 11.1 Å². The van der Waals surface area contributed by atoms with Crippen molar-refractivity contribution in [3.05, 3.63) is 96.1 Å². The van der Waals surface area contributed by atoms with Crippen molar-refractivity contribution in [2.24, 2.45) is 4.99 Å². The van der Waals surface area contributed by atoms with Gasteiger partial charge in [0.1, 0.15) is 12.4 Å². The molecule has 2 aliphatic rings. The van der Waals surface area contributed by atoms with Crippen LogP contribution < -0.4 is 9.64 Å². The molecular formula is C26H24N2O4S2. The van der Waals surface area contributed by atoms with E-state index in [2.05, 4.69) is 4.99 Å². The zero-order valence-electron chi connectivity index (χ0n) is 18.4. The summed E-state index contributed by atoms with van der Waals surface area (Å²) in [6.45, 7) is 0.462. The number of sulfone groups is 1. The average Bonchev–Trinajstić information content (AvgIpc) is 3.30. The molecule has 0 bridgehead atoms. The fourth-order valence-electron chi connectivity index (χ4n) is 4.23. The second kappa shape index (κ2) is 9.64. The summed E-state index contributed by atoms with van der Waals surface area (Å²) in [5.74, 6) is 0.629. The Hall–Kier alpha value is -3.10. The molecule has 0 N–H and O–H groups in total. The molecular weight excluding hydrogens is 468 g/mol. The second-order valence-corrected chi connectivity index (χ2v) is 11.7. The van der Waals surface area contributed by atoms with Crippen LogP contribution in [-0.4, -0.2) is 42.3 Å². The molecule has 1 amide bonds. The first-order chi connectivity index (χ1) is 16.5. The molecule has 2 unspecified atom stereocenters. The quantitative estimate of drug-likeness (QED) is 0.516. The summed E-state index contributed by atoms with van der Waals surface area (Å²) in [4.78, 5) is 19.0. The number of amides is 1. The number of anilines is 1. The van der Waals surface area contributed by atoms with Gasteiger partial charge in [0.15, 0.2) is 15.0 Å². The molecule has 2 heterocycles. The first kappa shape index (κ1) is 22.7. The summed E-state index contributed by atoms with van der Waals surface area (Å²) < 4.78 is 30.5. The van der Waals surface area contributed by atoms with Crippen molar-refractivity contribution in [2.45, 2.75) is 24.3 Å². The Kier molecular flexibility index (Phi) is 6.43. The Morgan fingerprint density at radius 3 is 2.24 bits per heavy atom. The van der Waals surface area contributed by atoms with Crippen molar-refractivity contribution >= 4 is 38.4 Å². The van der Waals surface area contributed by atoms with Gasteiger partial charge in [-0.25, -0.2) is 8.42 Å². The highest BCUT2D eigenvalue weighted by Crippen LogP contribution is 2.41. The molecule has 0 spiro atoms. The van der Waals surface area contributed by atoms with Gasteiger partial charge in [-0.3, -0.25) is 4.79 Å². The van der Waals surface area contributed by atoms with Crippen LogP contribution in [0.15, 0.2) is 89.9 Å². The number of thioether (sulfide) groups is 1. The maximum atomic E-state index is 12.7. The largest absolute Gasteiger partial charge is 0.489 e. The number of benzene rings is 3. The van der Waals surface area contributed by atoms with Crippen LogP contribution in [0.4, 0.5) is 5.69 Å². The smallest absolute Gasteiger partial charge is 0.252 e. The summed E-state index contributed by atoms with van der Waals surface area (Å²) in [6.07, 6.45) is 0.207. The van der Waals surface area contributed by atoms with Crippen LogP contribution in [0.5, 0.6) is 5.75 Å². The monoisotopic (exact) mass is 492 g/mol. The highest BCUT2D eigenvalue weighted by Gasteiger charge is 2.49. The van der Waals surface area contributed by atoms with Crippen LogP contribution in [0.2, 0.25) is 0 Å². The highest BCUT2D eigenvalue weighted by atomic mass is 32.2. The van der Waals surface area contributed by atoms with E-state index in [4.69, 9.17) is 4.74 Å². The Balaban J connectivity index is 1.36. The molecule has 34 heavy (non-hydrogen) atoms. The lowest BCUT2D eigenvalue weighted by molar-refractivity contribution is -0.117. The maximum Gasteiger partial charge on any atom is 0.252 e. The van der Waals surface area contributed by atoms with Gasteiger partial charge >= 0.3 is 0 Å². The number of ether oxygens (including phenoxy) is 1. The van der Waals surface area contributed by atoms with Crippen LogP contribution >= 0.6 is 11.8 Å². The van der Waals surface area contributed by atoms with E-state index in [0.29, 0.717) is 17.5 Å². The van der Waals surface area contributed by atoms with Gasteiger partial charge in [-0.15, -0.1) is 0 Å². The fraction of sp³-hybridized carbons (Fsp3) is 0.231. The molecule has 5 rings (SSSR count). The number of hydrogen-bond acceptors (Lipinski definition) is 5. The summed E-state index contributed by atoms with van der Waals surface area (Å²) in [6, 6.07) is 26.7. The van der Waals surface area contributed by atoms with E-state index in [1.165, 1.54) is 11.8 Å². The summed E-state index contributed by atoms with van der Waals surface area (Å²) in [5, 5.41) is 0.422. The van der Waals surface area contributed by atoms with Crippen molar-refractivity contribution in [3.63, 3.8) is 0 Å². The van der Waals surface area contributed by atoms with Gasteiger partial charge in [-0.05, 0) is 35.4 Å². The minimum atomic E-state index is -3.12. The zero-order valence-corrected chi connectivity index (χ0v) is 20.0. The zero-order chi connectivity index (χ0) is 23.5. The topological polar surface area (TPSA) is 76.0 Å². The first-order valence-corrected chi connectivity index (χ1v) is 13.8. The molecule has 2 aliphatic heterocycles. The van der Waals surface area contributed by atoms with E-state index in [1.54, 1.807) is 0 Å². The lowest BCUT2D eigenvalue weighted by Crippen LogP contribution is -2.37. The minimum Gasteiger partial charge on any atom is -0.489 e. The Labute approximate surface area is 203 Å². The van der Waals surface area contributed by atoms with Crippen LogP contribution in [0.25, 0.3) is 0 Å². The van der Waals surface area contributed by atoms with E-state index in [9.17, 15) is 13.2 Å². The predicted molar refractivity (Wildman–Crippen MR) is 136 cm³/mol. The number of hydrogen-bond donors (Lipinski definition) is 0. The van der Waals surface area contributed by atoms with Gasteiger partial charge in [-0.1, -0.05) is 72.4 Å². The third-order valence-electron chi connectivity index (χ3n) is 5.85. The van der Waals surface area contributed by atoms with Gasteiger partial charge in [0, 0.05) is 10.9 Å². The average molecular weight is 493 g/mol. The second-order valence-electron chi connectivity index (χ2n) is 8.39. The lowest BCUT2D eigenvalue weighted by atomic mass is 10.1. The molecule has 0 saturated carbocycles. The standard InChI is InChI=1S/C26H24N2O4S2/c29-25(15-19-7-3-1-4-8-19)27-26-28(23-17-34(30,31)18-24(23)33-26)21-11-13-22(14-12-21)32-16-20-9-5-2-6-10-20/h1-14,23-24H,15-18H2. The van der Waals surface area contributed by atoms with Gasteiger partial charge in [0.25, 0.3) is 5.91 Å². The number of nitrogens with zero attached hydrogens (tertiary/aromatic N) is 2. The van der Waals surface area contributed by atoms with Gasteiger partial charge in [0.05, 0.1) is 24.0 Å². The maximum absolute atomic E-state index is 12.7. The van der Waals surface area contributed by atoms with E-state index < -0.39 is 9.84 Å². The highest BCUT2D eigenvalue weighted by molar-refractivity contribution is 8.16. The van der Waals surface area contributed by atoms with Crippen molar-refractivity contribution in [3.8, 4) is 5.75 Å². The normalized spacial score (nSPS) is 22.0. The van der Waals surface area contributed by atoms with E-state index in [1.807, 2.05) is 89.8 Å². The van der Waals surface area contributed by atoms with Gasteiger partial charge < -0.3 is 9.64 Å². The summed E-state index contributed by atoms with van der Waals surface area (Å²) in [5.41, 5.74) is 2.78.